The molecule has 0 aliphatic carbocycles. The first-order chi connectivity index (χ1) is 13.7. The summed E-state index contributed by atoms with van der Waals surface area (Å²) in [4.78, 5) is 28.4. The van der Waals surface area contributed by atoms with Crippen LogP contribution in [0.5, 0.6) is 0 Å². The lowest BCUT2D eigenvalue weighted by Gasteiger charge is -2.14. The number of anilines is 1. The Morgan fingerprint density at radius 2 is 1.93 bits per heavy atom. The van der Waals surface area contributed by atoms with Crippen LogP contribution in [0, 0.1) is 0 Å². The van der Waals surface area contributed by atoms with Gasteiger partial charge in [-0.1, -0.05) is 36.4 Å². The monoisotopic (exact) mass is 372 g/mol. The van der Waals surface area contributed by atoms with Crippen molar-refractivity contribution >= 4 is 17.9 Å². The molecule has 2 heterocycles. The number of nitrogens with one attached hydrogen (secondary N) is 1. The highest BCUT2D eigenvalue weighted by Gasteiger charge is 2.19. The van der Waals surface area contributed by atoms with Gasteiger partial charge in [0.1, 0.15) is 0 Å². The van der Waals surface area contributed by atoms with Crippen LogP contribution in [0.2, 0.25) is 0 Å². The summed E-state index contributed by atoms with van der Waals surface area (Å²) in [7, 11) is 0. The van der Waals surface area contributed by atoms with Crippen molar-refractivity contribution in [2.45, 2.75) is 18.9 Å². The van der Waals surface area contributed by atoms with Gasteiger partial charge in [0.05, 0.1) is 17.4 Å². The summed E-state index contributed by atoms with van der Waals surface area (Å²) in [6, 6.07) is 17.0. The molecule has 1 N–H and O–H groups in total. The Bertz CT molecular complexity index is 996. The summed E-state index contributed by atoms with van der Waals surface area (Å²) in [6.45, 7) is 0.736. The van der Waals surface area contributed by atoms with Gasteiger partial charge in [-0.2, -0.15) is 0 Å². The molecular formula is C23H20N2O3. The van der Waals surface area contributed by atoms with Crippen LogP contribution in [0.25, 0.3) is 11.1 Å². The van der Waals surface area contributed by atoms with Gasteiger partial charge < -0.3 is 10.1 Å². The van der Waals surface area contributed by atoms with Crippen LogP contribution in [0.15, 0.2) is 67.0 Å². The van der Waals surface area contributed by atoms with Gasteiger partial charge in [0.15, 0.2) is 6.29 Å². The summed E-state index contributed by atoms with van der Waals surface area (Å²) < 4.78 is 5.71. The number of nitrogens with zero attached hydrogens (tertiary/aromatic N) is 1. The topological polar surface area (TPSA) is 68.3 Å². The van der Waals surface area contributed by atoms with E-state index in [4.69, 9.17) is 4.74 Å². The molecule has 1 aliphatic rings. The molecule has 2 aromatic carbocycles. The summed E-state index contributed by atoms with van der Waals surface area (Å²) in [5.74, 6) is -0.308. The van der Waals surface area contributed by atoms with Gasteiger partial charge in [-0.25, -0.2) is 0 Å². The van der Waals surface area contributed by atoms with E-state index in [0.29, 0.717) is 16.8 Å². The van der Waals surface area contributed by atoms with Crippen molar-refractivity contribution in [3.63, 3.8) is 0 Å². The Morgan fingerprint density at radius 1 is 1.07 bits per heavy atom. The number of amides is 1. The van der Waals surface area contributed by atoms with Gasteiger partial charge in [0.2, 0.25) is 0 Å². The molecular weight excluding hydrogens is 352 g/mol. The Morgan fingerprint density at radius 3 is 2.68 bits per heavy atom. The van der Waals surface area contributed by atoms with Crippen LogP contribution in [0.3, 0.4) is 0 Å². The largest absolute Gasteiger partial charge is 0.374 e. The number of ether oxygens (including phenoxy) is 1. The second-order valence-electron chi connectivity index (χ2n) is 6.75. The number of carbonyl (C=O) groups is 2. The first kappa shape index (κ1) is 18.1. The number of hydrogen-bond donors (Lipinski definition) is 1. The third kappa shape index (κ3) is 3.85. The molecule has 1 fully saturated rings. The van der Waals surface area contributed by atoms with Crippen molar-refractivity contribution in [1.29, 1.82) is 0 Å². The van der Waals surface area contributed by atoms with E-state index in [1.807, 2.05) is 42.5 Å². The first-order valence-corrected chi connectivity index (χ1v) is 9.27. The smallest absolute Gasteiger partial charge is 0.257 e. The average molecular weight is 372 g/mol. The van der Waals surface area contributed by atoms with Crippen molar-refractivity contribution in [2.75, 3.05) is 11.9 Å². The minimum absolute atomic E-state index is 0.0134. The van der Waals surface area contributed by atoms with Crippen LogP contribution in [-0.4, -0.2) is 23.8 Å². The third-order valence-electron chi connectivity index (χ3n) is 4.86. The SMILES string of the molecule is O=Cc1ccc(C2CCCO2)cc1NC(=O)c1cncc(-c2ccccc2)c1. The van der Waals surface area contributed by atoms with Crippen LogP contribution < -0.4 is 5.32 Å². The molecule has 1 aromatic heterocycles. The van der Waals surface area contributed by atoms with Gasteiger partial charge in [-0.15, -0.1) is 0 Å². The second kappa shape index (κ2) is 8.15. The van der Waals surface area contributed by atoms with E-state index in [2.05, 4.69) is 10.3 Å². The normalized spacial score (nSPS) is 15.9. The maximum Gasteiger partial charge on any atom is 0.257 e. The number of aldehydes is 1. The zero-order chi connectivity index (χ0) is 19.3. The Kier molecular flexibility index (Phi) is 5.26. The fourth-order valence-corrected chi connectivity index (χ4v) is 3.37. The van der Waals surface area contributed by atoms with Crippen molar-refractivity contribution in [3.8, 4) is 11.1 Å². The summed E-state index contributed by atoms with van der Waals surface area (Å²) in [5, 5.41) is 2.85. The van der Waals surface area contributed by atoms with E-state index in [-0.39, 0.29) is 12.0 Å². The van der Waals surface area contributed by atoms with Crippen molar-refractivity contribution in [1.82, 2.24) is 4.98 Å². The molecule has 0 saturated carbocycles. The van der Waals surface area contributed by atoms with E-state index >= 15 is 0 Å². The van der Waals surface area contributed by atoms with Crippen molar-refractivity contribution in [2.24, 2.45) is 0 Å². The van der Waals surface area contributed by atoms with Gasteiger partial charge in [0, 0.05) is 30.1 Å². The van der Waals surface area contributed by atoms with Crippen molar-refractivity contribution < 1.29 is 14.3 Å². The number of carbonyl (C=O) groups excluding carboxylic acids is 2. The molecule has 1 unspecified atom stereocenters. The van der Waals surface area contributed by atoms with Crippen molar-refractivity contribution in [3.05, 3.63) is 83.7 Å². The number of hydrogen-bond acceptors (Lipinski definition) is 4. The molecule has 3 aromatic rings. The molecule has 1 atom stereocenters. The van der Waals surface area contributed by atoms with E-state index < -0.39 is 0 Å². The van der Waals surface area contributed by atoms with E-state index in [9.17, 15) is 9.59 Å². The molecule has 0 radical (unpaired) electrons. The first-order valence-electron chi connectivity index (χ1n) is 9.27. The van der Waals surface area contributed by atoms with E-state index in [1.165, 1.54) is 6.20 Å². The van der Waals surface area contributed by atoms with E-state index in [1.54, 1.807) is 18.3 Å². The molecule has 0 bridgehead atoms. The Labute approximate surface area is 163 Å². The highest BCUT2D eigenvalue weighted by Crippen LogP contribution is 2.31. The molecule has 1 saturated heterocycles. The predicted octanol–water partition coefficient (Wildman–Crippen LogP) is 4.66. The summed E-state index contributed by atoms with van der Waals surface area (Å²) in [6.07, 6.45) is 5.96. The molecule has 0 spiro atoms. The maximum absolute atomic E-state index is 12.8. The van der Waals surface area contributed by atoms with Crippen LogP contribution >= 0.6 is 0 Å². The van der Waals surface area contributed by atoms with Crippen LogP contribution in [0.1, 0.15) is 45.2 Å². The summed E-state index contributed by atoms with van der Waals surface area (Å²) >= 11 is 0. The number of pyridine rings is 1. The number of rotatable bonds is 5. The summed E-state index contributed by atoms with van der Waals surface area (Å²) in [5.41, 5.74) is 4.16. The lowest BCUT2D eigenvalue weighted by Crippen LogP contribution is -2.14. The molecule has 140 valence electrons. The standard InChI is InChI=1S/C23H20N2O3/c26-15-18-9-8-17(22-7-4-10-28-22)12-21(18)25-23(27)20-11-19(13-24-14-20)16-5-2-1-3-6-16/h1-3,5-6,8-9,11-15,22H,4,7,10H2,(H,25,27). The zero-order valence-electron chi connectivity index (χ0n) is 15.3. The van der Waals surface area contributed by atoms with Crippen LogP contribution in [-0.2, 0) is 4.74 Å². The van der Waals surface area contributed by atoms with Crippen LogP contribution in [0.4, 0.5) is 5.69 Å². The fraction of sp³-hybridized carbons (Fsp3) is 0.174. The zero-order valence-corrected chi connectivity index (χ0v) is 15.3. The molecule has 1 amide bonds. The maximum atomic E-state index is 12.8. The van der Waals surface area contributed by atoms with Gasteiger partial charge in [-0.05, 0) is 42.2 Å². The minimum Gasteiger partial charge on any atom is -0.374 e. The Hall–Kier alpha value is -3.31. The molecule has 4 rings (SSSR count). The molecule has 1 aliphatic heterocycles. The number of aromatic nitrogens is 1. The third-order valence-corrected chi connectivity index (χ3v) is 4.86. The minimum atomic E-state index is -0.308. The molecule has 5 nitrogen and oxygen atoms in total. The quantitative estimate of drug-likeness (QED) is 0.661. The average Bonchev–Trinajstić information content (AvgIpc) is 3.29. The lowest BCUT2D eigenvalue weighted by molar-refractivity contribution is 0.102. The van der Waals surface area contributed by atoms with Gasteiger partial charge in [-0.3, -0.25) is 14.6 Å². The second-order valence-corrected chi connectivity index (χ2v) is 6.75. The molecule has 5 heteroatoms. The lowest BCUT2D eigenvalue weighted by atomic mass is 10.0. The highest BCUT2D eigenvalue weighted by atomic mass is 16.5. The highest BCUT2D eigenvalue weighted by molar-refractivity contribution is 6.06. The predicted molar refractivity (Wildman–Crippen MR) is 107 cm³/mol. The Balaban J connectivity index is 1.60. The van der Waals surface area contributed by atoms with Gasteiger partial charge >= 0.3 is 0 Å². The van der Waals surface area contributed by atoms with Gasteiger partial charge in [0.25, 0.3) is 5.91 Å². The fourth-order valence-electron chi connectivity index (χ4n) is 3.37. The number of benzene rings is 2. The van der Waals surface area contributed by atoms with E-state index in [0.717, 1.165) is 42.4 Å². The molecule has 28 heavy (non-hydrogen) atoms.